The first kappa shape index (κ1) is 36.3. The van der Waals surface area contributed by atoms with Gasteiger partial charge < -0.3 is 0 Å². The molecule has 1 nitrogen and oxygen atoms in total. The van der Waals surface area contributed by atoms with Crippen LogP contribution in [0.25, 0.3) is 132 Å². The van der Waals surface area contributed by atoms with Crippen molar-refractivity contribution >= 4 is 43.1 Å². The van der Waals surface area contributed by atoms with E-state index in [0.29, 0.717) is 0 Å². The van der Waals surface area contributed by atoms with E-state index in [9.17, 15) is 0 Å². The molecule has 0 N–H and O–H groups in total. The zero-order valence-corrected chi connectivity index (χ0v) is 35.0. The minimum atomic E-state index is 0.942. The van der Waals surface area contributed by atoms with E-state index in [1.54, 1.807) is 0 Å². The summed E-state index contributed by atoms with van der Waals surface area (Å²) in [5, 5.41) is 9.98. The summed E-state index contributed by atoms with van der Waals surface area (Å²) in [6.07, 6.45) is 0. The third-order valence-electron chi connectivity index (χ3n) is 13.4. The van der Waals surface area contributed by atoms with Crippen molar-refractivity contribution < 1.29 is 0 Å². The molecule has 0 radical (unpaired) electrons. The Morgan fingerprint density at radius 1 is 0.219 bits per heavy atom. The Bertz CT molecular complexity index is 3790. The lowest BCUT2D eigenvalue weighted by molar-refractivity contribution is 1.33. The molecule has 0 atom stereocenters. The average molecular weight is 810 g/mol. The molecule has 64 heavy (non-hydrogen) atoms. The molecule has 0 amide bonds. The summed E-state index contributed by atoms with van der Waals surface area (Å²) in [5.74, 6) is 0. The highest BCUT2D eigenvalue weighted by Crippen LogP contribution is 2.58. The number of rotatable bonds is 6. The summed E-state index contributed by atoms with van der Waals surface area (Å²) >= 11 is 0. The number of hydrogen-bond acceptors (Lipinski definition) is 1. The van der Waals surface area contributed by atoms with Crippen molar-refractivity contribution in [3.8, 4) is 89.3 Å². The van der Waals surface area contributed by atoms with E-state index in [2.05, 4.69) is 237 Å². The van der Waals surface area contributed by atoms with Crippen molar-refractivity contribution in [1.29, 1.82) is 0 Å². The molecule has 1 aromatic heterocycles. The van der Waals surface area contributed by atoms with Gasteiger partial charge in [0.05, 0.1) is 11.4 Å². The summed E-state index contributed by atoms with van der Waals surface area (Å²) in [4.78, 5) is 5.49. The van der Waals surface area contributed by atoms with Crippen LogP contribution >= 0.6 is 0 Å². The van der Waals surface area contributed by atoms with Crippen molar-refractivity contribution in [3.63, 3.8) is 0 Å². The maximum absolute atomic E-state index is 5.49. The molecular weight excluding hydrogens is 771 g/mol. The quantitative estimate of drug-likeness (QED) is 0.153. The van der Waals surface area contributed by atoms with E-state index >= 15 is 0 Å². The topological polar surface area (TPSA) is 12.9 Å². The van der Waals surface area contributed by atoms with Crippen LogP contribution in [0.5, 0.6) is 0 Å². The van der Waals surface area contributed by atoms with Crippen LogP contribution in [0, 0.1) is 0 Å². The standard InChI is InChI=1S/C63H39N/c1-5-18-40(19-6-1)57-47-28-13-14-29-48(47)58(41-20-7-2-8-21-41)53-38-45(34-36-49(53)57)55-32-17-33-56(64-55)46-35-37-50-54(39-46)61(44-24-11-4-12-25-44)63-52-31-16-27-42-26-15-30-51(59(42)52)62(63)60(50)43-22-9-3-10-23-43/h1-39H. The maximum atomic E-state index is 5.49. The molecule has 1 aliphatic carbocycles. The Balaban J connectivity index is 1.04. The van der Waals surface area contributed by atoms with Gasteiger partial charge in [0.15, 0.2) is 0 Å². The fourth-order valence-corrected chi connectivity index (χ4v) is 10.7. The van der Waals surface area contributed by atoms with Crippen molar-refractivity contribution in [2.45, 2.75) is 0 Å². The fourth-order valence-electron chi connectivity index (χ4n) is 10.7. The minimum Gasteiger partial charge on any atom is -0.248 e. The second kappa shape index (κ2) is 14.6. The Hall–Kier alpha value is -8.39. The largest absolute Gasteiger partial charge is 0.248 e. The molecule has 1 heteroatoms. The minimum absolute atomic E-state index is 0.942. The van der Waals surface area contributed by atoms with Crippen molar-refractivity contribution in [1.82, 2.24) is 4.98 Å². The first-order valence-corrected chi connectivity index (χ1v) is 22.1. The van der Waals surface area contributed by atoms with Gasteiger partial charge in [0.25, 0.3) is 0 Å². The Morgan fingerprint density at radius 3 is 1.06 bits per heavy atom. The highest BCUT2D eigenvalue weighted by atomic mass is 14.7. The molecule has 0 fully saturated rings. The van der Waals surface area contributed by atoms with Gasteiger partial charge in [-0.2, -0.15) is 0 Å². The number of nitrogens with zero attached hydrogens (tertiary/aromatic N) is 1. The summed E-state index contributed by atoms with van der Waals surface area (Å²) in [5.41, 5.74) is 19.1. The molecule has 11 aromatic carbocycles. The summed E-state index contributed by atoms with van der Waals surface area (Å²) in [6.45, 7) is 0. The van der Waals surface area contributed by atoms with Crippen LogP contribution in [0.4, 0.5) is 0 Å². The highest BCUT2D eigenvalue weighted by molar-refractivity contribution is 6.28. The summed E-state index contributed by atoms with van der Waals surface area (Å²) in [6, 6.07) is 86.4. The van der Waals surface area contributed by atoms with Gasteiger partial charge in [-0.25, -0.2) is 4.98 Å². The number of pyridine rings is 1. The van der Waals surface area contributed by atoms with Gasteiger partial charge in [-0.15, -0.1) is 0 Å². The SMILES string of the molecule is c1ccc(-c2c3c(c(-c4ccccc4)c4cc(-c5cccc(-c6ccc7c(-c8ccccc8)c8ccccc8c(-c8ccccc8)c7c6)n5)ccc24)-c2cccc4cccc-3c24)cc1. The zero-order chi connectivity index (χ0) is 42.1. The second-order valence-corrected chi connectivity index (χ2v) is 16.9. The van der Waals surface area contributed by atoms with Gasteiger partial charge in [-0.05, 0) is 134 Å². The third kappa shape index (κ3) is 5.61. The Morgan fingerprint density at radius 2 is 0.578 bits per heavy atom. The molecule has 0 bridgehead atoms. The van der Waals surface area contributed by atoms with Gasteiger partial charge in [0.2, 0.25) is 0 Å². The third-order valence-corrected chi connectivity index (χ3v) is 13.4. The number of benzene rings is 11. The van der Waals surface area contributed by atoms with Gasteiger partial charge in [0.1, 0.15) is 0 Å². The lowest BCUT2D eigenvalue weighted by Crippen LogP contribution is -1.95. The molecule has 296 valence electrons. The van der Waals surface area contributed by atoms with Crippen LogP contribution in [0.1, 0.15) is 0 Å². The van der Waals surface area contributed by atoms with Crippen LogP contribution in [0.3, 0.4) is 0 Å². The Kier molecular flexibility index (Phi) is 8.29. The molecule has 12 aromatic rings. The molecule has 0 saturated carbocycles. The number of aromatic nitrogens is 1. The van der Waals surface area contributed by atoms with Crippen molar-refractivity contribution in [2.75, 3.05) is 0 Å². The molecule has 13 rings (SSSR count). The zero-order valence-electron chi connectivity index (χ0n) is 35.0. The number of fused-ring (bicyclic) bond motifs is 6. The predicted octanol–water partition coefficient (Wildman–Crippen LogP) is 17.3. The molecule has 1 heterocycles. The van der Waals surface area contributed by atoms with E-state index in [4.69, 9.17) is 4.98 Å². The maximum Gasteiger partial charge on any atom is 0.0709 e. The van der Waals surface area contributed by atoms with Crippen LogP contribution in [-0.4, -0.2) is 4.98 Å². The van der Waals surface area contributed by atoms with E-state index < -0.39 is 0 Å². The summed E-state index contributed by atoms with van der Waals surface area (Å²) in [7, 11) is 0. The fraction of sp³-hybridized carbons (Fsp3) is 0. The second-order valence-electron chi connectivity index (χ2n) is 16.9. The molecule has 0 aliphatic heterocycles. The molecular formula is C63H39N. The summed E-state index contributed by atoms with van der Waals surface area (Å²) < 4.78 is 0. The number of hydrogen-bond donors (Lipinski definition) is 0. The molecule has 0 saturated heterocycles. The molecule has 1 aliphatic rings. The normalized spacial score (nSPS) is 11.8. The Labute approximate surface area is 372 Å². The smallest absolute Gasteiger partial charge is 0.0709 e. The van der Waals surface area contributed by atoms with E-state index in [1.807, 2.05) is 0 Å². The molecule has 0 unspecified atom stereocenters. The first-order chi connectivity index (χ1) is 31.8. The van der Waals surface area contributed by atoms with Crippen LogP contribution in [0.15, 0.2) is 237 Å². The van der Waals surface area contributed by atoms with Gasteiger partial charge >= 0.3 is 0 Å². The molecule has 0 spiro atoms. The predicted molar refractivity (Wildman–Crippen MR) is 271 cm³/mol. The first-order valence-electron chi connectivity index (χ1n) is 22.1. The monoisotopic (exact) mass is 809 g/mol. The van der Waals surface area contributed by atoms with Crippen molar-refractivity contribution in [3.05, 3.63) is 237 Å². The lowest BCUT2D eigenvalue weighted by atomic mass is 9.82. The van der Waals surface area contributed by atoms with Crippen molar-refractivity contribution in [2.24, 2.45) is 0 Å². The van der Waals surface area contributed by atoms with Gasteiger partial charge in [-0.1, -0.05) is 212 Å². The van der Waals surface area contributed by atoms with Gasteiger partial charge in [0, 0.05) is 11.1 Å². The van der Waals surface area contributed by atoms with Crippen LogP contribution < -0.4 is 0 Å². The van der Waals surface area contributed by atoms with E-state index in [-0.39, 0.29) is 0 Å². The van der Waals surface area contributed by atoms with Gasteiger partial charge in [-0.3, -0.25) is 0 Å². The van der Waals surface area contributed by atoms with E-state index in [0.717, 1.165) is 22.5 Å². The average Bonchev–Trinajstić information content (AvgIpc) is 3.70. The highest BCUT2D eigenvalue weighted by Gasteiger charge is 2.30. The van der Waals surface area contributed by atoms with E-state index in [1.165, 1.54) is 110 Å². The van der Waals surface area contributed by atoms with Crippen LogP contribution in [0.2, 0.25) is 0 Å². The lowest BCUT2D eigenvalue weighted by Gasteiger charge is -2.21. The van der Waals surface area contributed by atoms with Crippen LogP contribution in [-0.2, 0) is 0 Å².